The molecule has 1 atom stereocenters. The van der Waals surface area contributed by atoms with Gasteiger partial charge in [0.2, 0.25) is 0 Å². The van der Waals surface area contributed by atoms with E-state index in [1.54, 1.807) is 0 Å². The highest BCUT2D eigenvalue weighted by Crippen LogP contribution is 2.33. The van der Waals surface area contributed by atoms with Crippen molar-refractivity contribution in [3.63, 3.8) is 0 Å². The SMILES string of the molecule is Cc1cc(C)c(C(C)Nc2cccc(Cl)c2Br)c(C)n1. The molecular weight excluding hydrogens is 336 g/mol. The number of nitrogens with one attached hydrogen (secondary N) is 1. The number of pyridine rings is 1. The van der Waals surface area contributed by atoms with Crippen molar-refractivity contribution in [3.8, 4) is 0 Å². The molecule has 2 aromatic rings. The van der Waals surface area contributed by atoms with E-state index < -0.39 is 0 Å². The maximum absolute atomic E-state index is 6.13. The highest BCUT2D eigenvalue weighted by molar-refractivity contribution is 9.10. The van der Waals surface area contributed by atoms with Crippen molar-refractivity contribution in [1.29, 1.82) is 0 Å². The third-order valence-corrected chi connectivity index (χ3v) is 4.74. The summed E-state index contributed by atoms with van der Waals surface area (Å²) in [7, 11) is 0. The molecule has 0 amide bonds. The van der Waals surface area contributed by atoms with Gasteiger partial charge >= 0.3 is 0 Å². The lowest BCUT2D eigenvalue weighted by molar-refractivity contribution is 0.842. The second-order valence-corrected chi connectivity index (χ2v) is 6.25. The molecule has 0 aliphatic heterocycles. The predicted molar refractivity (Wildman–Crippen MR) is 89.6 cm³/mol. The number of aryl methyl sites for hydroxylation is 3. The number of hydrogen-bond donors (Lipinski definition) is 1. The Hall–Kier alpha value is -1.06. The molecule has 2 nitrogen and oxygen atoms in total. The fourth-order valence-electron chi connectivity index (χ4n) is 2.61. The predicted octanol–water partition coefficient (Wildman–Crippen LogP) is 5.60. The van der Waals surface area contributed by atoms with E-state index in [-0.39, 0.29) is 6.04 Å². The topological polar surface area (TPSA) is 24.9 Å². The van der Waals surface area contributed by atoms with E-state index in [2.05, 4.69) is 53.1 Å². The van der Waals surface area contributed by atoms with Crippen LogP contribution < -0.4 is 5.32 Å². The third-order valence-electron chi connectivity index (χ3n) is 3.34. The van der Waals surface area contributed by atoms with Crippen LogP contribution in [0.5, 0.6) is 0 Å². The summed E-state index contributed by atoms with van der Waals surface area (Å²) in [4.78, 5) is 4.56. The van der Waals surface area contributed by atoms with Gasteiger partial charge in [0.25, 0.3) is 0 Å². The van der Waals surface area contributed by atoms with E-state index in [9.17, 15) is 0 Å². The first-order chi connectivity index (χ1) is 9.40. The second-order valence-electron chi connectivity index (χ2n) is 5.05. The van der Waals surface area contributed by atoms with Gasteiger partial charge in [0.15, 0.2) is 0 Å². The highest BCUT2D eigenvalue weighted by atomic mass is 79.9. The zero-order chi connectivity index (χ0) is 14.9. The van der Waals surface area contributed by atoms with Crippen LogP contribution in [0.4, 0.5) is 5.69 Å². The van der Waals surface area contributed by atoms with E-state index in [0.717, 1.165) is 21.5 Å². The molecule has 106 valence electrons. The Morgan fingerprint density at radius 1 is 1.25 bits per heavy atom. The van der Waals surface area contributed by atoms with E-state index in [1.165, 1.54) is 11.1 Å². The molecule has 0 saturated carbocycles. The lowest BCUT2D eigenvalue weighted by atomic mass is 10.00. The Morgan fingerprint density at radius 3 is 2.60 bits per heavy atom. The van der Waals surface area contributed by atoms with Crippen LogP contribution >= 0.6 is 27.5 Å². The van der Waals surface area contributed by atoms with Gasteiger partial charge in [-0.3, -0.25) is 4.98 Å². The van der Waals surface area contributed by atoms with Gasteiger partial charge in [0.1, 0.15) is 0 Å². The van der Waals surface area contributed by atoms with Crippen LogP contribution in [0.1, 0.15) is 35.5 Å². The van der Waals surface area contributed by atoms with Crippen molar-refractivity contribution in [2.24, 2.45) is 0 Å². The Balaban J connectivity index is 2.33. The largest absolute Gasteiger partial charge is 0.377 e. The van der Waals surface area contributed by atoms with Crippen molar-refractivity contribution in [2.45, 2.75) is 33.7 Å². The Morgan fingerprint density at radius 2 is 1.95 bits per heavy atom. The number of aromatic nitrogens is 1. The molecule has 4 heteroatoms. The first-order valence-corrected chi connectivity index (χ1v) is 7.72. The van der Waals surface area contributed by atoms with Crippen LogP contribution in [0.25, 0.3) is 0 Å². The van der Waals surface area contributed by atoms with Crippen LogP contribution in [0.3, 0.4) is 0 Å². The van der Waals surface area contributed by atoms with Crippen molar-refractivity contribution >= 4 is 33.2 Å². The van der Waals surface area contributed by atoms with Gasteiger partial charge in [0, 0.05) is 11.4 Å². The van der Waals surface area contributed by atoms with E-state index in [0.29, 0.717) is 5.02 Å². The fourth-order valence-corrected chi connectivity index (χ4v) is 3.16. The molecule has 1 aromatic heterocycles. The average Bonchev–Trinajstić information content (AvgIpc) is 2.33. The maximum Gasteiger partial charge on any atom is 0.0593 e. The third kappa shape index (κ3) is 3.15. The van der Waals surface area contributed by atoms with E-state index in [1.807, 2.05) is 25.1 Å². The lowest BCUT2D eigenvalue weighted by Crippen LogP contribution is -2.12. The van der Waals surface area contributed by atoms with Gasteiger partial charge in [-0.1, -0.05) is 17.7 Å². The molecule has 1 N–H and O–H groups in total. The molecule has 1 unspecified atom stereocenters. The van der Waals surface area contributed by atoms with E-state index in [4.69, 9.17) is 11.6 Å². The van der Waals surface area contributed by atoms with Crippen molar-refractivity contribution < 1.29 is 0 Å². The molecule has 0 radical (unpaired) electrons. The summed E-state index contributed by atoms with van der Waals surface area (Å²) >= 11 is 9.65. The number of nitrogens with zero attached hydrogens (tertiary/aromatic N) is 1. The molecule has 0 spiro atoms. The van der Waals surface area contributed by atoms with Crippen molar-refractivity contribution in [2.75, 3.05) is 5.32 Å². The Labute approximate surface area is 133 Å². The molecule has 0 bridgehead atoms. The van der Waals surface area contributed by atoms with Gasteiger partial charge in [-0.15, -0.1) is 0 Å². The highest BCUT2D eigenvalue weighted by Gasteiger charge is 2.14. The molecule has 0 aliphatic carbocycles. The molecule has 2 rings (SSSR count). The van der Waals surface area contributed by atoms with Crippen molar-refractivity contribution in [1.82, 2.24) is 4.98 Å². The molecule has 1 aromatic carbocycles. The summed E-state index contributed by atoms with van der Waals surface area (Å²) in [5.41, 5.74) is 5.61. The summed E-state index contributed by atoms with van der Waals surface area (Å²) < 4.78 is 0.892. The van der Waals surface area contributed by atoms with E-state index >= 15 is 0 Å². The van der Waals surface area contributed by atoms with Crippen LogP contribution in [0, 0.1) is 20.8 Å². The van der Waals surface area contributed by atoms with Crippen LogP contribution in [0.15, 0.2) is 28.7 Å². The summed E-state index contributed by atoms with van der Waals surface area (Å²) in [6.07, 6.45) is 0. The van der Waals surface area contributed by atoms with Gasteiger partial charge in [-0.2, -0.15) is 0 Å². The van der Waals surface area contributed by atoms with Gasteiger partial charge < -0.3 is 5.32 Å². The Kier molecular flexibility index (Phi) is 4.71. The number of rotatable bonds is 3. The minimum absolute atomic E-state index is 0.165. The zero-order valence-electron chi connectivity index (χ0n) is 12.1. The minimum Gasteiger partial charge on any atom is -0.377 e. The normalized spacial score (nSPS) is 12.3. The first-order valence-electron chi connectivity index (χ1n) is 6.55. The minimum atomic E-state index is 0.165. The standard InChI is InChI=1S/C16H18BrClN2/c1-9-8-10(2)19-11(3)15(9)12(4)20-14-7-5-6-13(18)16(14)17/h5-8,12,20H,1-4H3. The lowest BCUT2D eigenvalue weighted by Gasteiger charge is -2.21. The number of anilines is 1. The van der Waals surface area contributed by atoms with Crippen LogP contribution in [-0.4, -0.2) is 4.98 Å². The molecule has 0 fully saturated rings. The van der Waals surface area contributed by atoms with Crippen LogP contribution in [-0.2, 0) is 0 Å². The summed E-state index contributed by atoms with van der Waals surface area (Å²) in [5.74, 6) is 0. The van der Waals surface area contributed by atoms with Gasteiger partial charge in [0.05, 0.1) is 21.2 Å². The summed E-state index contributed by atoms with van der Waals surface area (Å²) in [6, 6.07) is 8.10. The molecule has 0 aliphatic rings. The van der Waals surface area contributed by atoms with Crippen LogP contribution in [0.2, 0.25) is 5.02 Å². The zero-order valence-corrected chi connectivity index (χ0v) is 14.4. The number of benzene rings is 1. The van der Waals surface area contributed by atoms with Gasteiger partial charge in [-0.05, 0) is 73.0 Å². The molecule has 20 heavy (non-hydrogen) atoms. The van der Waals surface area contributed by atoms with Crippen molar-refractivity contribution in [3.05, 3.63) is 56.3 Å². The van der Waals surface area contributed by atoms with Gasteiger partial charge in [-0.25, -0.2) is 0 Å². The Bertz CT molecular complexity index is 617. The average molecular weight is 354 g/mol. The number of hydrogen-bond acceptors (Lipinski definition) is 2. The molecular formula is C16H18BrClN2. The summed E-state index contributed by atoms with van der Waals surface area (Å²) in [6.45, 7) is 8.35. The molecule has 0 saturated heterocycles. The summed E-state index contributed by atoms with van der Waals surface area (Å²) in [5, 5.41) is 4.20. The quantitative estimate of drug-likeness (QED) is 0.777. The fraction of sp³-hybridized carbons (Fsp3) is 0.312. The smallest absolute Gasteiger partial charge is 0.0593 e. The first kappa shape index (κ1) is 15.3. The maximum atomic E-state index is 6.13. The monoisotopic (exact) mass is 352 g/mol. The second kappa shape index (κ2) is 6.15. The number of halogens is 2. The molecule has 1 heterocycles.